The summed E-state index contributed by atoms with van der Waals surface area (Å²) in [5, 5.41) is 0.804. The van der Waals surface area contributed by atoms with Crippen LogP contribution in [0.3, 0.4) is 0 Å². The van der Waals surface area contributed by atoms with Gasteiger partial charge in [-0.1, -0.05) is 22.9 Å². The van der Waals surface area contributed by atoms with Crippen molar-refractivity contribution >= 4 is 15.9 Å². The maximum absolute atomic E-state index is 5.64. The van der Waals surface area contributed by atoms with Crippen LogP contribution in [0.2, 0.25) is 0 Å². The fourth-order valence-electron chi connectivity index (χ4n) is 0.744. The number of ether oxygens (including phenoxy) is 1. The van der Waals surface area contributed by atoms with Crippen molar-refractivity contribution in [3.63, 3.8) is 0 Å². The van der Waals surface area contributed by atoms with Gasteiger partial charge in [-0.05, 0) is 33.3 Å². The van der Waals surface area contributed by atoms with Gasteiger partial charge in [0.2, 0.25) is 0 Å². The minimum Gasteiger partial charge on any atom is -0.492 e. The quantitative estimate of drug-likeness (QED) is 0.523. The van der Waals surface area contributed by atoms with Gasteiger partial charge in [0.1, 0.15) is 11.4 Å². The van der Waals surface area contributed by atoms with Crippen molar-refractivity contribution in [3.05, 3.63) is 11.8 Å². The summed E-state index contributed by atoms with van der Waals surface area (Å²) in [6, 6.07) is 0. The maximum atomic E-state index is 5.64. The predicted molar refractivity (Wildman–Crippen MR) is 53.0 cm³/mol. The topological polar surface area (TPSA) is 9.23 Å². The smallest absolute Gasteiger partial charge is 0.103 e. The molecule has 0 saturated heterocycles. The number of allylic oxidation sites excluding steroid dienone is 2. The Morgan fingerprint density at radius 2 is 2.00 bits per heavy atom. The van der Waals surface area contributed by atoms with Gasteiger partial charge in [-0.25, -0.2) is 0 Å². The summed E-state index contributed by atoms with van der Waals surface area (Å²) >= 11 is 3.38. The fourth-order valence-corrected chi connectivity index (χ4v) is 1.09. The van der Waals surface area contributed by atoms with E-state index in [1.807, 2.05) is 0 Å². The van der Waals surface area contributed by atoms with Crippen molar-refractivity contribution in [1.29, 1.82) is 0 Å². The lowest BCUT2D eigenvalue weighted by Crippen LogP contribution is -2.19. The second kappa shape index (κ2) is 4.81. The van der Waals surface area contributed by atoms with Crippen LogP contribution >= 0.6 is 15.9 Å². The van der Waals surface area contributed by atoms with Crippen LogP contribution < -0.4 is 0 Å². The number of hydrogen-bond donors (Lipinski definition) is 0. The Morgan fingerprint density at radius 1 is 1.45 bits per heavy atom. The number of halogens is 1. The third kappa shape index (κ3) is 6.42. The Morgan fingerprint density at radius 3 is 2.27 bits per heavy atom. The van der Waals surface area contributed by atoms with E-state index in [0.29, 0.717) is 0 Å². The molecule has 0 aromatic heterocycles. The van der Waals surface area contributed by atoms with Crippen LogP contribution in [0, 0.1) is 0 Å². The Kier molecular flexibility index (Phi) is 4.82. The number of rotatable bonds is 3. The van der Waals surface area contributed by atoms with Crippen molar-refractivity contribution in [1.82, 2.24) is 0 Å². The van der Waals surface area contributed by atoms with E-state index in [2.05, 4.69) is 49.7 Å². The summed E-state index contributed by atoms with van der Waals surface area (Å²) in [6.45, 7) is 8.27. The molecule has 0 aliphatic rings. The summed E-state index contributed by atoms with van der Waals surface area (Å²) < 4.78 is 5.64. The molecule has 2 heteroatoms. The molecular weight excluding hydrogens is 204 g/mol. The third-order valence-electron chi connectivity index (χ3n) is 1.00. The minimum atomic E-state index is -0.0746. The molecule has 0 aromatic carbocycles. The Balaban J connectivity index is 3.99. The van der Waals surface area contributed by atoms with Gasteiger partial charge in [0.15, 0.2) is 0 Å². The highest BCUT2D eigenvalue weighted by molar-refractivity contribution is 9.09. The second-order valence-electron chi connectivity index (χ2n) is 3.43. The zero-order valence-corrected chi connectivity index (χ0v) is 9.36. The van der Waals surface area contributed by atoms with Gasteiger partial charge < -0.3 is 4.74 Å². The summed E-state index contributed by atoms with van der Waals surface area (Å²) in [4.78, 5) is 0. The first-order chi connectivity index (χ1) is 4.99. The first kappa shape index (κ1) is 11.0. The van der Waals surface area contributed by atoms with Crippen molar-refractivity contribution in [2.45, 2.75) is 39.7 Å². The zero-order valence-electron chi connectivity index (χ0n) is 7.78. The Labute approximate surface area is 78.0 Å². The normalized spacial score (nSPS) is 13.4. The fraction of sp³-hybridized carbons (Fsp3) is 0.778. The van der Waals surface area contributed by atoms with Gasteiger partial charge in [0.05, 0.1) is 5.33 Å². The molecule has 0 N–H and O–H groups in total. The van der Waals surface area contributed by atoms with Gasteiger partial charge in [-0.2, -0.15) is 0 Å². The van der Waals surface area contributed by atoms with E-state index in [-0.39, 0.29) is 5.60 Å². The van der Waals surface area contributed by atoms with Crippen LogP contribution in [0.5, 0.6) is 0 Å². The van der Waals surface area contributed by atoms with Crippen molar-refractivity contribution in [3.8, 4) is 0 Å². The van der Waals surface area contributed by atoms with E-state index in [0.717, 1.165) is 17.5 Å². The molecule has 66 valence electrons. The second-order valence-corrected chi connectivity index (χ2v) is 3.99. The van der Waals surface area contributed by atoms with E-state index in [1.54, 1.807) is 0 Å². The molecule has 0 fully saturated rings. The summed E-state index contributed by atoms with van der Waals surface area (Å²) in [5.74, 6) is 1.03. The Bertz CT molecular complexity index is 133. The molecule has 0 aliphatic heterocycles. The van der Waals surface area contributed by atoms with E-state index in [9.17, 15) is 0 Å². The monoisotopic (exact) mass is 220 g/mol. The summed E-state index contributed by atoms with van der Waals surface area (Å²) in [5.41, 5.74) is -0.0746. The summed E-state index contributed by atoms with van der Waals surface area (Å²) in [7, 11) is 0. The number of alkyl halides is 1. The van der Waals surface area contributed by atoms with Crippen molar-refractivity contribution < 1.29 is 4.74 Å². The van der Waals surface area contributed by atoms with Gasteiger partial charge in [0, 0.05) is 0 Å². The molecule has 0 saturated carbocycles. The summed E-state index contributed by atoms with van der Waals surface area (Å²) in [6.07, 6.45) is 3.12. The van der Waals surface area contributed by atoms with Crippen LogP contribution in [-0.4, -0.2) is 10.9 Å². The highest BCUT2D eigenvalue weighted by Gasteiger charge is 2.11. The maximum Gasteiger partial charge on any atom is 0.103 e. The molecule has 0 unspecified atom stereocenters. The van der Waals surface area contributed by atoms with Crippen LogP contribution in [-0.2, 0) is 4.74 Å². The third-order valence-corrected chi connectivity index (χ3v) is 1.55. The molecule has 11 heavy (non-hydrogen) atoms. The zero-order chi connectivity index (χ0) is 8.91. The molecule has 1 nitrogen and oxygen atoms in total. The van der Waals surface area contributed by atoms with Crippen LogP contribution in [0.25, 0.3) is 0 Å². The van der Waals surface area contributed by atoms with Crippen molar-refractivity contribution in [2.24, 2.45) is 0 Å². The van der Waals surface area contributed by atoms with E-state index >= 15 is 0 Å². The van der Waals surface area contributed by atoms with Gasteiger partial charge in [-0.15, -0.1) is 0 Å². The average Bonchev–Trinajstić information content (AvgIpc) is 1.84. The van der Waals surface area contributed by atoms with Crippen LogP contribution in [0.1, 0.15) is 34.1 Å². The molecule has 0 aliphatic carbocycles. The van der Waals surface area contributed by atoms with Crippen molar-refractivity contribution in [2.75, 3.05) is 5.33 Å². The average molecular weight is 221 g/mol. The first-order valence-corrected chi connectivity index (χ1v) is 5.05. The molecule has 0 rings (SSSR count). The molecule has 0 aromatic rings. The highest BCUT2D eigenvalue weighted by atomic mass is 79.9. The molecule has 0 atom stereocenters. The van der Waals surface area contributed by atoms with E-state index in [4.69, 9.17) is 4.74 Å². The lowest BCUT2D eigenvalue weighted by atomic mass is 10.2. The Hall–Kier alpha value is 0.0200. The van der Waals surface area contributed by atoms with Gasteiger partial charge >= 0.3 is 0 Å². The van der Waals surface area contributed by atoms with Crippen LogP contribution in [0.15, 0.2) is 11.8 Å². The van der Waals surface area contributed by atoms with Gasteiger partial charge in [-0.3, -0.25) is 0 Å². The van der Waals surface area contributed by atoms with E-state index < -0.39 is 0 Å². The van der Waals surface area contributed by atoms with E-state index in [1.165, 1.54) is 0 Å². The standard InChI is InChI=1S/C9H17BrO/c1-5-6-8(7-10)11-9(2,3)4/h6H,5,7H2,1-4H3/b8-6+. The van der Waals surface area contributed by atoms with Gasteiger partial charge in [0.25, 0.3) is 0 Å². The lowest BCUT2D eigenvalue weighted by molar-refractivity contribution is 0.0542. The largest absolute Gasteiger partial charge is 0.492 e. The number of hydrogen-bond acceptors (Lipinski definition) is 1. The lowest BCUT2D eigenvalue weighted by Gasteiger charge is -2.22. The first-order valence-electron chi connectivity index (χ1n) is 3.93. The SMILES string of the molecule is CC/C=C(\CBr)OC(C)(C)C. The molecule has 0 heterocycles. The highest BCUT2D eigenvalue weighted by Crippen LogP contribution is 2.15. The molecule has 0 radical (unpaired) electrons. The molecule has 0 bridgehead atoms. The predicted octanol–water partition coefficient (Wildman–Crippen LogP) is 3.49. The molecular formula is C9H17BrO. The molecule has 0 amide bonds. The minimum absolute atomic E-state index is 0.0746. The van der Waals surface area contributed by atoms with Crippen LogP contribution in [0.4, 0.5) is 0 Å². The molecule has 0 spiro atoms.